The van der Waals surface area contributed by atoms with Crippen LogP contribution in [0.3, 0.4) is 0 Å². The summed E-state index contributed by atoms with van der Waals surface area (Å²) in [5.74, 6) is -1.06. The van der Waals surface area contributed by atoms with Crippen molar-refractivity contribution in [2.75, 3.05) is 0 Å². The lowest BCUT2D eigenvalue weighted by molar-refractivity contribution is 0.0691. The summed E-state index contributed by atoms with van der Waals surface area (Å²) in [6.45, 7) is 0. The van der Waals surface area contributed by atoms with Gasteiger partial charge in [-0.15, -0.1) is 0 Å². The van der Waals surface area contributed by atoms with Gasteiger partial charge in [-0.3, -0.25) is 0 Å². The van der Waals surface area contributed by atoms with Crippen molar-refractivity contribution in [2.45, 2.75) is 0 Å². The van der Waals surface area contributed by atoms with E-state index in [1.807, 2.05) is 0 Å². The van der Waals surface area contributed by atoms with Crippen LogP contribution in [0, 0.1) is 0 Å². The van der Waals surface area contributed by atoms with E-state index in [-0.39, 0.29) is 5.69 Å². The molecule has 0 aliphatic carbocycles. The molecular formula is C10H5BrClNO2. The third kappa shape index (κ3) is 1.96. The van der Waals surface area contributed by atoms with Crippen LogP contribution in [0.1, 0.15) is 10.5 Å². The Hall–Kier alpha value is -1.13. The second-order valence-corrected chi connectivity index (χ2v) is 4.25. The lowest BCUT2D eigenvalue weighted by atomic mass is 10.2. The molecule has 76 valence electrons. The molecule has 3 nitrogen and oxygen atoms in total. The number of carboxylic acids is 1. The third-order valence-corrected chi connectivity index (χ3v) is 2.83. The van der Waals surface area contributed by atoms with Crippen molar-refractivity contribution in [1.82, 2.24) is 4.98 Å². The van der Waals surface area contributed by atoms with Crippen molar-refractivity contribution in [1.29, 1.82) is 0 Å². The number of rotatable bonds is 1. The van der Waals surface area contributed by atoms with E-state index in [1.165, 1.54) is 6.07 Å². The molecule has 0 amide bonds. The number of aromatic carboxylic acids is 1. The van der Waals surface area contributed by atoms with E-state index in [4.69, 9.17) is 16.7 Å². The Balaban J connectivity index is 2.79. The van der Waals surface area contributed by atoms with Gasteiger partial charge in [0, 0.05) is 14.9 Å². The fourth-order valence-electron chi connectivity index (χ4n) is 1.27. The Bertz CT molecular complexity index is 556. The molecule has 15 heavy (non-hydrogen) atoms. The summed E-state index contributed by atoms with van der Waals surface area (Å²) in [6.07, 6.45) is 0. The van der Waals surface area contributed by atoms with Gasteiger partial charge >= 0.3 is 5.97 Å². The van der Waals surface area contributed by atoms with E-state index in [1.54, 1.807) is 18.2 Å². The smallest absolute Gasteiger partial charge is 0.354 e. The quantitative estimate of drug-likeness (QED) is 0.874. The van der Waals surface area contributed by atoms with Gasteiger partial charge in [-0.1, -0.05) is 33.6 Å². The molecule has 2 rings (SSSR count). The van der Waals surface area contributed by atoms with Crippen LogP contribution in [0.5, 0.6) is 0 Å². The van der Waals surface area contributed by atoms with Crippen LogP contribution in [0.4, 0.5) is 0 Å². The molecule has 1 N–H and O–H groups in total. The first kappa shape index (κ1) is 10.4. The minimum atomic E-state index is -1.06. The number of benzene rings is 1. The Morgan fingerprint density at radius 2 is 2.13 bits per heavy atom. The molecule has 0 saturated heterocycles. The van der Waals surface area contributed by atoms with Gasteiger partial charge in [-0.25, -0.2) is 9.78 Å². The number of aromatic nitrogens is 1. The molecule has 0 bridgehead atoms. The van der Waals surface area contributed by atoms with Crippen LogP contribution in [-0.4, -0.2) is 16.1 Å². The predicted octanol–water partition coefficient (Wildman–Crippen LogP) is 3.35. The number of hydrogen-bond acceptors (Lipinski definition) is 2. The highest BCUT2D eigenvalue weighted by molar-refractivity contribution is 9.10. The number of fused-ring (bicyclic) bond motifs is 1. The summed E-state index contributed by atoms with van der Waals surface area (Å²) < 4.78 is 0.696. The minimum Gasteiger partial charge on any atom is -0.477 e. The molecule has 5 heteroatoms. The minimum absolute atomic E-state index is 0.00311. The zero-order valence-electron chi connectivity index (χ0n) is 7.37. The molecule has 2 aromatic rings. The van der Waals surface area contributed by atoms with Crippen molar-refractivity contribution in [3.63, 3.8) is 0 Å². The fourth-order valence-corrected chi connectivity index (χ4v) is 1.99. The number of hydrogen-bond donors (Lipinski definition) is 1. The van der Waals surface area contributed by atoms with Crippen LogP contribution in [0.2, 0.25) is 5.02 Å². The zero-order chi connectivity index (χ0) is 11.0. The molecule has 1 heterocycles. The lowest BCUT2D eigenvalue weighted by Gasteiger charge is -2.02. The van der Waals surface area contributed by atoms with E-state index in [0.29, 0.717) is 15.0 Å². The largest absolute Gasteiger partial charge is 0.477 e. The fraction of sp³-hybridized carbons (Fsp3) is 0. The molecule has 1 aromatic carbocycles. The topological polar surface area (TPSA) is 50.2 Å². The van der Waals surface area contributed by atoms with Gasteiger partial charge < -0.3 is 5.11 Å². The number of pyridine rings is 1. The Morgan fingerprint density at radius 3 is 2.80 bits per heavy atom. The van der Waals surface area contributed by atoms with E-state index in [0.717, 1.165) is 5.39 Å². The Morgan fingerprint density at radius 1 is 1.40 bits per heavy atom. The molecule has 0 spiro atoms. The summed E-state index contributed by atoms with van der Waals surface area (Å²) in [4.78, 5) is 14.7. The number of halogens is 2. The van der Waals surface area contributed by atoms with Gasteiger partial charge in [0.25, 0.3) is 0 Å². The standard InChI is InChI=1S/C10H5BrClNO2/c11-7-4-9(10(14)15)13-8-3-5(12)1-2-6(7)8/h1-4H,(H,14,15). The number of carbonyl (C=O) groups is 1. The predicted molar refractivity (Wildman–Crippen MR) is 61.4 cm³/mol. The highest BCUT2D eigenvalue weighted by Gasteiger charge is 2.09. The first-order valence-electron chi connectivity index (χ1n) is 4.07. The van der Waals surface area contributed by atoms with Crippen molar-refractivity contribution in [3.05, 3.63) is 39.5 Å². The molecule has 1 aromatic heterocycles. The summed E-state index contributed by atoms with van der Waals surface area (Å²) in [5.41, 5.74) is 0.561. The van der Waals surface area contributed by atoms with E-state index in [9.17, 15) is 4.79 Å². The first-order valence-corrected chi connectivity index (χ1v) is 5.24. The van der Waals surface area contributed by atoms with E-state index in [2.05, 4.69) is 20.9 Å². The van der Waals surface area contributed by atoms with E-state index >= 15 is 0 Å². The average Bonchev–Trinajstić information content (AvgIpc) is 2.16. The lowest BCUT2D eigenvalue weighted by Crippen LogP contribution is -2.00. The van der Waals surface area contributed by atoms with Crippen LogP contribution < -0.4 is 0 Å². The van der Waals surface area contributed by atoms with Crippen LogP contribution in [0.15, 0.2) is 28.7 Å². The maximum atomic E-state index is 10.8. The maximum absolute atomic E-state index is 10.8. The molecule has 0 unspecified atom stereocenters. The summed E-state index contributed by atoms with van der Waals surface area (Å²) >= 11 is 9.09. The SMILES string of the molecule is O=C(O)c1cc(Br)c2ccc(Cl)cc2n1. The second kappa shape index (κ2) is 3.79. The summed E-state index contributed by atoms with van der Waals surface area (Å²) in [6, 6.07) is 6.63. The molecular weight excluding hydrogens is 281 g/mol. The van der Waals surface area contributed by atoms with Crippen LogP contribution in [-0.2, 0) is 0 Å². The van der Waals surface area contributed by atoms with Crippen molar-refractivity contribution < 1.29 is 9.90 Å². The van der Waals surface area contributed by atoms with Crippen LogP contribution >= 0.6 is 27.5 Å². The first-order chi connectivity index (χ1) is 7.08. The Labute approximate surface area is 98.8 Å². The molecule has 0 fully saturated rings. The van der Waals surface area contributed by atoms with E-state index < -0.39 is 5.97 Å². The highest BCUT2D eigenvalue weighted by Crippen LogP contribution is 2.25. The van der Waals surface area contributed by atoms with Crippen LogP contribution in [0.25, 0.3) is 10.9 Å². The van der Waals surface area contributed by atoms with Gasteiger partial charge in [0.05, 0.1) is 5.52 Å². The Kier molecular flexibility index (Phi) is 2.63. The molecule has 0 radical (unpaired) electrons. The monoisotopic (exact) mass is 285 g/mol. The van der Waals surface area contributed by atoms with Gasteiger partial charge in [0.2, 0.25) is 0 Å². The van der Waals surface area contributed by atoms with Gasteiger partial charge in [0.15, 0.2) is 0 Å². The normalized spacial score (nSPS) is 10.5. The van der Waals surface area contributed by atoms with Gasteiger partial charge in [-0.2, -0.15) is 0 Å². The number of nitrogens with zero attached hydrogens (tertiary/aromatic N) is 1. The average molecular weight is 287 g/mol. The van der Waals surface area contributed by atoms with Crippen molar-refractivity contribution in [3.8, 4) is 0 Å². The summed E-state index contributed by atoms with van der Waals surface area (Å²) in [5, 5.41) is 10.2. The second-order valence-electron chi connectivity index (χ2n) is 2.96. The third-order valence-electron chi connectivity index (χ3n) is 1.94. The molecule has 0 aliphatic rings. The van der Waals surface area contributed by atoms with Gasteiger partial charge in [-0.05, 0) is 18.2 Å². The highest BCUT2D eigenvalue weighted by atomic mass is 79.9. The van der Waals surface area contributed by atoms with Crippen molar-refractivity contribution in [2.24, 2.45) is 0 Å². The van der Waals surface area contributed by atoms with Crippen molar-refractivity contribution >= 4 is 44.4 Å². The molecule has 0 aliphatic heterocycles. The summed E-state index contributed by atoms with van der Waals surface area (Å²) in [7, 11) is 0. The zero-order valence-corrected chi connectivity index (χ0v) is 9.71. The molecule has 0 saturated carbocycles. The maximum Gasteiger partial charge on any atom is 0.354 e. The number of carboxylic acid groups (broad SMARTS) is 1. The molecule has 0 atom stereocenters. The van der Waals surface area contributed by atoms with Gasteiger partial charge in [0.1, 0.15) is 5.69 Å².